The Balaban J connectivity index is 1.71. The van der Waals surface area contributed by atoms with E-state index >= 15 is 0 Å². The number of hydrogen-bond donors (Lipinski definition) is 1. The van der Waals surface area contributed by atoms with Crippen LogP contribution >= 0.6 is 0 Å². The Kier molecular flexibility index (Phi) is 4.51. The lowest BCUT2D eigenvalue weighted by atomic mass is 10.1. The van der Waals surface area contributed by atoms with Crippen LogP contribution in [-0.2, 0) is 16.0 Å². The summed E-state index contributed by atoms with van der Waals surface area (Å²) in [6.07, 6.45) is 0.959. The molecule has 2 aromatic rings. The zero-order valence-corrected chi connectivity index (χ0v) is 13.8. The van der Waals surface area contributed by atoms with Crippen molar-refractivity contribution in [3.8, 4) is 5.75 Å². The number of nitrogens with one attached hydrogen (secondary N) is 1. The fourth-order valence-electron chi connectivity index (χ4n) is 2.70. The van der Waals surface area contributed by atoms with Gasteiger partial charge in [-0.15, -0.1) is 0 Å². The molecule has 1 aliphatic heterocycles. The maximum absolute atomic E-state index is 12.3. The highest BCUT2D eigenvalue weighted by atomic mass is 16.5. The van der Waals surface area contributed by atoms with Crippen LogP contribution in [0.3, 0.4) is 0 Å². The second-order valence-electron chi connectivity index (χ2n) is 5.90. The first-order valence-corrected chi connectivity index (χ1v) is 8.00. The maximum Gasteiger partial charge on any atom is 0.331 e. The lowest BCUT2D eigenvalue weighted by molar-refractivity contribution is -0.133. The molecule has 0 saturated carbocycles. The van der Waals surface area contributed by atoms with Crippen LogP contribution in [0.1, 0.15) is 18.1 Å². The summed E-state index contributed by atoms with van der Waals surface area (Å²) in [4.78, 5) is 25.8. The molecule has 1 N–H and O–H groups in total. The molecule has 0 bridgehead atoms. The minimum atomic E-state index is -0.354. The molecule has 1 heterocycles. The Morgan fingerprint density at radius 1 is 1.21 bits per heavy atom. The molecule has 24 heavy (non-hydrogen) atoms. The second-order valence-corrected chi connectivity index (χ2v) is 5.90. The molecule has 124 valence electrons. The molecule has 5 heteroatoms. The van der Waals surface area contributed by atoms with Gasteiger partial charge in [-0.2, -0.15) is 0 Å². The lowest BCUT2D eigenvalue weighted by Gasteiger charge is -2.29. The van der Waals surface area contributed by atoms with E-state index in [1.165, 1.54) is 5.56 Å². The SMILES string of the molecule is CCc1ccc(NC(=O)CN2CC(=O)Oc3cc(C)ccc32)cc1. The van der Waals surface area contributed by atoms with Gasteiger partial charge in [-0.25, -0.2) is 4.79 Å². The Morgan fingerprint density at radius 3 is 2.67 bits per heavy atom. The van der Waals surface area contributed by atoms with Crippen LogP contribution in [0.15, 0.2) is 42.5 Å². The molecular formula is C19H20N2O3. The summed E-state index contributed by atoms with van der Waals surface area (Å²) in [6.45, 7) is 4.18. The number of ether oxygens (including phenoxy) is 1. The molecule has 1 aliphatic rings. The third-order valence-corrected chi connectivity index (χ3v) is 3.98. The summed E-state index contributed by atoms with van der Waals surface area (Å²) in [6, 6.07) is 13.4. The molecular weight excluding hydrogens is 304 g/mol. The normalized spacial score (nSPS) is 13.2. The monoisotopic (exact) mass is 324 g/mol. The molecule has 1 amide bonds. The first-order chi connectivity index (χ1) is 11.5. The van der Waals surface area contributed by atoms with Crippen molar-refractivity contribution in [2.45, 2.75) is 20.3 Å². The smallest absolute Gasteiger partial charge is 0.331 e. The highest BCUT2D eigenvalue weighted by molar-refractivity contribution is 5.96. The molecule has 0 unspecified atom stereocenters. The summed E-state index contributed by atoms with van der Waals surface area (Å²) < 4.78 is 5.26. The largest absolute Gasteiger partial charge is 0.423 e. The van der Waals surface area contributed by atoms with Crippen LogP contribution < -0.4 is 15.0 Å². The van der Waals surface area contributed by atoms with Crippen LogP contribution in [-0.4, -0.2) is 25.0 Å². The van der Waals surface area contributed by atoms with Gasteiger partial charge >= 0.3 is 5.97 Å². The van der Waals surface area contributed by atoms with Crippen molar-refractivity contribution < 1.29 is 14.3 Å². The van der Waals surface area contributed by atoms with E-state index in [4.69, 9.17) is 4.74 Å². The predicted molar refractivity (Wildman–Crippen MR) is 93.5 cm³/mol. The van der Waals surface area contributed by atoms with Gasteiger partial charge in [0.25, 0.3) is 0 Å². The number of anilines is 2. The van der Waals surface area contributed by atoms with Crippen molar-refractivity contribution in [1.29, 1.82) is 0 Å². The second kappa shape index (κ2) is 6.74. The third kappa shape index (κ3) is 3.56. The maximum atomic E-state index is 12.3. The van der Waals surface area contributed by atoms with E-state index < -0.39 is 0 Å². The van der Waals surface area contributed by atoms with E-state index in [9.17, 15) is 9.59 Å². The van der Waals surface area contributed by atoms with Crippen LogP contribution in [0.2, 0.25) is 0 Å². The van der Waals surface area contributed by atoms with Crippen LogP contribution in [0.4, 0.5) is 11.4 Å². The van der Waals surface area contributed by atoms with Gasteiger partial charge in [0.2, 0.25) is 5.91 Å². The number of carbonyl (C=O) groups is 2. The number of rotatable bonds is 4. The fraction of sp³-hybridized carbons (Fsp3) is 0.263. The van der Waals surface area contributed by atoms with E-state index in [0.717, 1.165) is 23.4 Å². The lowest BCUT2D eigenvalue weighted by Crippen LogP contribution is -2.41. The van der Waals surface area contributed by atoms with Gasteiger partial charge in [0, 0.05) is 5.69 Å². The first-order valence-electron chi connectivity index (χ1n) is 8.00. The Labute approximate surface area is 141 Å². The Bertz CT molecular complexity index is 769. The molecule has 0 aliphatic carbocycles. The number of carbonyl (C=O) groups excluding carboxylic acids is 2. The minimum Gasteiger partial charge on any atom is -0.423 e. The topological polar surface area (TPSA) is 58.6 Å². The van der Waals surface area contributed by atoms with Crippen LogP contribution in [0.5, 0.6) is 5.75 Å². The van der Waals surface area contributed by atoms with Crippen molar-refractivity contribution in [2.24, 2.45) is 0 Å². The van der Waals surface area contributed by atoms with Crippen molar-refractivity contribution in [3.63, 3.8) is 0 Å². The molecule has 0 atom stereocenters. The van der Waals surface area contributed by atoms with Gasteiger partial charge in [0.15, 0.2) is 5.75 Å². The van der Waals surface area contributed by atoms with E-state index in [2.05, 4.69) is 12.2 Å². The first kappa shape index (κ1) is 16.1. The van der Waals surface area contributed by atoms with Gasteiger partial charge in [0.1, 0.15) is 6.54 Å². The van der Waals surface area contributed by atoms with Crippen LogP contribution in [0, 0.1) is 6.92 Å². The van der Waals surface area contributed by atoms with E-state index in [0.29, 0.717) is 5.75 Å². The molecule has 0 radical (unpaired) electrons. The number of nitrogens with zero attached hydrogens (tertiary/aromatic N) is 1. The van der Waals surface area contributed by atoms with E-state index in [-0.39, 0.29) is 25.0 Å². The number of benzene rings is 2. The number of aryl methyl sites for hydroxylation is 2. The zero-order chi connectivity index (χ0) is 17.1. The highest BCUT2D eigenvalue weighted by Crippen LogP contribution is 2.32. The zero-order valence-electron chi connectivity index (χ0n) is 13.8. The van der Waals surface area contributed by atoms with Crippen molar-refractivity contribution in [3.05, 3.63) is 53.6 Å². The molecule has 5 nitrogen and oxygen atoms in total. The van der Waals surface area contributed by atoms with E-state index in [1.54, 1.807) is 11.0 Å². The summed E-state index contributed by atoms with van der Waals surface area (Å²) in [5.41, 5.74) is 3.73. The average Bonchev–Trinajstić information content (AvgIpc) is 2.54. The summed E-state index contributed by atoms with van der Waals surface area (Å²) in [5, 5.41) is 2.86. The molecule has 0 fully saturated rings. The van der Waals surface area contributed by atoms with Crippen molar-refractivity contribution >= 4 is 23.3 Å². The molecule has 3 rings (SSSR count). The highest BCUT2D eigenvalue weighted by Gasteiger charge is 2.25. The Hall–Kier alpha value is -2.82. The van der Waals surface area contributed by atoms with E-state index in [1.807, 2.05) is 43.3 Å². The molecule has 2 aromatic carbocycles. The van der Waals surface area contributed by atoms with Crippen LogP contribution in [0.25, 0.3) is 0 Å². The van der Waals surface area contributed by atoms with Crippen molar-refractivity contribution in [2.75, 3.05) is 23.3 Å². The standard InChI is InChI=1S/C19H20N2O3/c1-3-14-5-7-15(8-6-14)20-18(22)11-21-12-19(23)24-17-10-13(2)4-9-16(17)21/h4-10H,3,11-12H2,1-2H3,(H,20,22). The van der Waals surface area contributed by atoms with Gasteiger partial charge in [-0.1, -0.05) is 25.1 Å². The molecule has 0 spiro atoms. The fourth-order valence-corrected chi connectivity index (χ4v) is 2.70. The summed E-state index contributed by atoms with van der Waals surface area (Å²) >= 11 is 0. The van der Waals surface area contributed by atoms with Crippen molar-refractivity contribution in [1.82, 2.24) is 0 Å². The summed E-state index contributed by atoms with van der Waals surface area (Å²) in [7, 11) is 0. The minimum absolute atomic E-state index is 0.0677. The average molecular weight is 324 g/mol. The van der Waals surface area contributed by atoms with Gasteiger partial charge < -0.3 is 15.0 Å². The molecule has 0 aromatic heterocycles. The third-order valence-electron chi connectivity index (χ3n) is 3.98. The number of amides is 1. The quantitative estimate of drug-likeness (QED) is 0.694. The Morgan fingerprint density at radius 2 is 1.96 bits per heavy atom. The number of esters is 1. The number of fused-ring (bicyclic) bond motifs is 1. The summed E-state index contributed by atoms with van der Waals surface area (Å²) in [5.74, 6) is -0.0139. The molecule has 0 saturated heterocycles. The van der Waals surface area contributed by atoms with Gasteiger partial charge in [-0.3, -0.25) is 4.79 Å². The predicted octanol–water partition coefficient (Wildman–Crippen LogP) is 2.92. The van der Waals surface area contributed by atoms with Gasteiger partial charge in [0.05, 0.1) is 12.2 Å². The van der Waals surface area contributed by atoms with Gasteiger partial charge in [-0.05, 0) is 48.7 Å². The number of hydrogen-bond acceptors (Lipinski definition) is 4.